The van der Waals surface area contributed by atoms with Crippen LogP contribution < -0.4 is 5.73 Å². The minimum atomic E-state index is -1.14. The number of aliphatic hydroxyl groups excluding tert-OH is 3. The average Bonchev–Trinajstić information content (AvgIpc) is 2.93. The normalized spacial score (nSPS) is 30.1. The number of aliphatic hydroxyl groups is 3. The number of nitrogens with zero attached hydrogens (tertiary/aromatic N) is 1. The van der Waals surface area contributed by atoms with Gasteiger partial charge in [-0.15, -0.1) is 11.3 Å². The summed E-state index contributed by atoms with van der Waals surface area (Å²) in [4.78, 5) is 6.86. The average molecular weight is 315 g/mol. The van der Waals surface area contributed by atoms with Crippen molar-refractivity contribution in [2.24, 2.45) is 0 Å². The van der Waals surface area contributed by atoms with Gasteiger partial charge in [0.25, 0.3) is 0 Å². The van der Waals surface area contributed by atoms with Gasteiger partial charge in [0.1, 0.15) is 29.1 Å². The van der Waals surface area contributed by atoms with Gasteiger partial charge in [0.15, 0.2) is 5.95 Å². The van der Waals surface area contributed by atoms with E-state index in [0.717, 1.165) is 4.70 Å². The number of nitrogens with one attached hydrogen (secondary N) is 1. The highest BCUT2D eigenvalue weighted by Crippen LogP contribution is 2.39. The fourth-order valence-electron chi connectivity index (χ4n) is 2.34. The molecule has 0 spiro atoms. The number of hydrogen-bond donors (Lipinski definition) is 5. The molecule has 0 bridgehead atoms. The van der Waals surface area contributed by atoms with Gasteiger partial charge in [0.05, 0.1) is 16.8 Å². The van der Waals surface area contributed by atoms with Crippen LogP contribution in [0.1, 0.15) is 11.7 Å². The van der Waals surface area contributed by atoms with Gasteiger partial charge in [0.2, 0.25) is 0 Å². The number of anilines is 1. The van der Waals surface area contributed by atoms with E-state index in [1.165, 1.54) is 11.3 Å². The number of ether oxygens (including phenoxy) is 1. The van der Waals surface area contributed by atoms with Crippen LogP contribution in [-0.2, 0) is 4.74 Å². The molecule has 0 radical (unpaired) electrons. The second-order valence-corrected chi connectivity index (χ2v) is 5.85. The molecule has 1 aliphatic rings. The first-order valence-electron chi connectivity index (χ1n) is 5.92. The number of H-pyrrole nitrogens is 1. The summed E-state index contributed by atoms with van der Waals surface area (Å²) in [6.45, 7) is -0.365. The zero-order chi connectivity index (χ0) is 14.4. The molecular weight excluding hydrogens is 302 g/mol. The number of hydrogen-bond acceptors (Lipinski definition) is 8. The number of aromatic nitrogens is 2. The lowest BCUT2D eigenvalue weighted by Crippen LogP contribution is -2.32. The zero-order valence-electron chi connectivity index (χ0n) is 10.2. The minimum absolute atomic E-state index is 0.175. The Morgan fingerprint density at radius 1 is 1.45 bits per heavy atom. The van der Waals surface area contributed by atoms with Crippen LogP contribution in [0.5, 0.6) is 0 Å². The molecule has 0 aromatic carbocycles. The Morgan fingerprint density at radius 2 is 2.20 bits per heavy atom. The first kappa shape index (κ1) is 13.9. The minimum Gasteiger partial charge on any atom is -0.394 e. The first-order chi connectivity index (χ1) is 9.52. The van der Waals surface area contributed by atoms with E-state index in [9.17, 15) is 10.2 Å². The van der Waals surface area contributed by atoms with E-state index in [2.05, 4.69) is 9.97 Å². The van der Waals surface area contributed by atoms with Crippen LogP contribution in [0, 0.1) is 4.64 Å². The molecule has 20 heavy (non-hydrogen) atoms. The van der Waals surface area contributed by atoms with E-state index >= 15 is 0 Å². The largest absolute Gasteiger partial charge is 0.394 e. The molecule has 0 amide bonds. The molecule has 6 N–H and O–H groups in total. The first-order valence-corrected chi connectivity index (χ1v) is 7.21. The predicted molar refractivity (Wildman–Crippen MR) is 75.9 cm³/mol. The van der Waals surface area contributed by atoms with Crippen LogP contribution in [0.3, 0.4) is 0 Å². The van der Waals surface area contributed by atoms with Gasteiger partial charge in [-0.1, -0.05) is 12.2 Å². The number of nitrogens with two attached hydrogens (primary N) is 1. The molecule has 9 heteroatoms. The van der Waals surface area contributed by atoms with Crippen molar-refractivity contribution < 1.29 is 20.1 Å². The van der Waals surface area contributed by atoms with E-state index in [-0.39, 0.29) is 12.6 Å². The van der Waals surface area contributed by atoms with Gasteiger partial charge < -0.3 is 30.8 Å². The summed E-state index contributed by atoms with van der Waals surface area (Å²) in [5.41, 5.74) is 6.93. The van der Waals surface area contributed by atoms with Crippen molar-refractivity contribution in [1.82, 2.24) is 9.97 Å². The monoisotopic (exact) mass is 315 g/mol. The molecule has 2 aromatic heterocycles. The summed E-state index contributed by atoms with van der Waals surface area (Å²) >= 11 is 6.49. The lowest BCUT2D eigenvalue weighted by molar-refractivity contribution is -0.0223. The highest BCUT2D eigenvalue weighted by atomic mass is 32.1. The second kappa shape index (κ2) is 5.02. The van der Waals surface area contributed by atoms with Crippen LogP contribution in [-0.4, -0.2) is 50.2 Å². The van der Waals surface area contributed by atoms with Crippen molar-refractivity contribution in [3.63, 3.8) is 0 Å². The Kier molecular flexibility index (Phi) is 3.48. The Labute approximate surface area is 122 Å². The van der Waals surface area contributed by atoms with Crippen LogP contribution in [0.2, 0.25) is 0 Å². The molecule has 2 aromatic rings. The Bertz CT molecular complexity index is 701. The summed E-state index contributed by atoms with van der Waals surface area (Å²) in [5.74, 6) is 0.175. The SMILES string of the molecule is Nc1nc(=S)c2scc([C@@H]3O[C@H](CO)[C@@H](O)[C@H]3O)c2[nH]1. The molecule has 0 aliphatic carbocycles. The smallest absolute Gasteiger partial charge is 0.199 e. The highest BCUT2D eigenvalue weighted by molar-refractivity contribution is 7.71. The van der Waals surface area contributed by atoms with Crippen molar-refractivity contribution in [3.8, 4) is 0 Å². The molecule has 7 nitrogen and oxygen atoms in total. The maximum absolute atomic E-state index is 10.1. The number of thiophene rings is 1. The quantitative estimate of drug-likeness (QED) is 0.497. The maximum atomic E-state index is 10.1. The van der Waals surface area contributed by atoms with E-state index in [1.54, 1.807) is 5.38 Å². The van der Waals surface area contributed by atoms with Gasteiger partial charge in [-0.3, -0.25) is 0 Å². The predicted octanol–water partition coefficient (Wildman–Crippen LogP) is 0.0901. The molecule has 3 heterocycles. The van der Waals surface area contributed by atoms with Gasteiger partial charge in [0, 0.05) is 5.56 Å². The third kappa shape index (κ3) is 2.03. The Hall–Kier alpha value is -1.10. The number of nitrogen functional groups attached to an aromatic ring is 1. The van der Waals surface area contributed by atoms with Crippen LogP contribution in [0.25, 0.3) is 10.2 Å². The third-order valence-corrected chi connectivity index (χ3v) is 4.77. The van der Waals surface area contributed by atoms with Crippen molar-refractivity contribution in [2.45, 2.75) is 24.4 Å². The molecule has 0 unspecified atom stereocenters. The van der Waals surface area contributed by atoms with Gasteiger partial charge in [-0.2, -0.15) is 0 Å². The van der Waals surface area contributed by atoms with Crippen LogP contribution in [0.15, 0.2) is 5.38 Å². The van der Waals surface area contributed by atoms with Gasteiger partial charge in [-0.05, 0) is 5.38 Å². The summed E-state index contributed by atoms with van der Waals surface area (Å²) in [7, 11) is 0. The van der Waals surface area contributed by atoms with E-state index < -0.39 is 24.4 Å². The molecular formula is C11H13N3O4S2. The highest BCUT2D eigenvalue weighted by Gasteiger charge is 2.44. The molecule has 1 saturated heterocycles. The molecule has 1 aliphatic heterocycles. The van der Waals surface area contributed by atoms with Crippen LogP contribution >= 0.6 is 23.6 Å². The lowest BCUT2D eigenvalue weighted by Gasteiger charge is -2.13. The molecule has 3 rings (SSSR count). The van der Waals surface area contributed by atoms with Gasteiger partial charge in [-0.25, -0.2) is 4.98 Å². The number of aromatic amines is 1. The molecule has 108 valence electrons. The Morgan fingerprint density at radius 3 is 2.85 bits per heavy atom. The fraction of sp³-hybridized carbons (Fsp3) is 0.455. The fourth-order valence-corrected chi connectivity index (χ4v) is 3.61. The summed E-state index contributed by atoms with van der Waals surface area (Å²) in [6, 6.07) is 0. The lowest BCUT2D eigenvalue weighted by atomic mass is 10.0. The van der Waals surface area contributed by atoms with Crippen molar-refractivity contribution in [1.29, 1.82) is 0 Å². The van der Waals surface area contributed by atoms with Crippen molar-refractivity contribution in [2.75, 3.05) is 12.3 Å². The van der Waals surface area contributed by atoms with E-state index in [1.807, 2.05) is 0 Å². The number of rotatable bonds is 2. The van der Waals surface area contributed by atoms with Crippen LogP contribution in [0.4, 0.5) is 5.95 Å². The second-order valence-electron chi connectivity index (χ2n) is 4.58. The maximum Gasteiger partial charge on any atom is 0.199 e. The standard InChI is InChI=1S/C11H13N3O4S2/c12-11-13-5-3(2-20-9(5)10(19)14-11)8-7(17)6(16)4(1-15)18-8/h2,4,6-8,15-17H,1H2,(H3,12,13,14,19)/t4-,6-,7-,8+/m1/s1. The third-order valence-electron chi connectivity index (χ3n) is 3.34. The number of fused-ring (bicyclic) bond motifs is 1. The summed E-state index contributed by atoms with van der Waals surface area (Å²) in [6.07, 6.45) is -3.82. The summed E-state index contributed by atoms with van der Waals surface area (Å²) in [5, 5.41) is 30.8. The molecule has 1 fully saturated rings. The van der Waals surface area contributed by atoms with Crippen molar-refractivity contribution >= 4 is 39.7 Å². The van der Waals surface area contributed by atoms with E-state index in [0.29, 0.717) is 15.7 Å². The Balaban J connectivity index is 2.09. The topological polar surface area (TPSA) is 125 Å². The van der Waals surface area contributed by atoms with E-state index in [4.69, 9.17) is 27.8 Å². The summed E-state index contributed by atoms with van der Waals surface area (Å²) < 4.78 is 6.62. The van der Waals surface area contributed by atoms with Gasteiger partial charge >= 0.3 is 0 Å². The molecule has 4 atom stereocenters. The van der Waals surface area contributed by atoms with Crippen molar-refractivity contribution in [3.05, 3.63) is 15.6 Å². The zero-order valence-corrected chi connectivity index (χ0v) is 11.8. The molecule has 0 saturated carbocycles.